The molecule has 0 radical (unpaired) electrons. The van der Waals surface area contributed by atoms with Crippen LogP contribution in [0.25, 0.3) is 32.7 Å². The molecular weight excluding hydrogens is 1290 g/mol. The molecule has 6 N–H and O–H groups in total. The average molecular weight is 1390 g/mol. The van der Waals surface area contributed by atoms with Gasteiger partial charge in [-0.2, -0.15) is 0 Å². The van der Waals surface area contributed by atoms with Crippen molar-refractivity contribution in [2.24, 2.45) is 23.5 Å². The molecule has 3 aliphatic carbocycles. The number of anilines is 3. The van der Waals surface area contributed by atoms with E-state index in [2.05, 4.69) is 10.6 Å². The summed E-state index contributed by atoms with van der Waals surface area (Å²) in [6.07, 6.45) is 6.45. The fraction of sp³-hybridized carbons (Fsp3) is 0.556. The van der Waals surface area contributed by atoms with Crippen LogP contribution in [0.2, 0.25) is 0 Å². The van der Waals surface area contributed by atoms with Gasteiger partial charge in [0.05, 0.1) is 40.2 Å². The quantitative estimate of drug-likeness (QED) is 0.0472. The number of nitrogens with two attached hydrogens (primary N) is 1. The molecule has 6 aliphatic rings. The number of nitrogens with one attached hydrogen (secondary N) is 2. The van der Waals surface area contributed by atoms with E-state index in [4.69, 9.17) is 19.9 Å². The predicted molar refractivity (Wildman–Crippen MR) is 373 cm³/mol. The summed E-state index contributed by atoms with van der Waals surface area (Å²) in [5.74, 6) is -3.99. The van der Waals surface area contributed by atoms with Crippen molar-refractivity contribution in [1.82, 2.24) is 24.3 Å². The molecule has 3 saturated heterocycles. The number of aryl methyl sites for hydroxylation is 3. The lowest BCUT2D eigenvalue weighted by atomic mass is 10.0. The van der Waals surface area contributed by atoms with Crippen molar-refractivity contribution in [2.75, 3.05) is 60.6 Å². The Kier molecular flexibility index (Phi) is 21.8. The minimum Gasteiger partial charge on any atom is -0.477 e. The number of hydrogen-bond donors (Lipinski definition) is 5. The molecule has 6 atom stereocenters. The number of pyridine rings is 3. The average Bonchev–Trinajstić information content (AvgIpc) is 0.783. The maximum atomic E-state index is 15.6. The Morgan fingerprint density at radius 1 is 0.520 bits per heavy atom. The number of ether oxygens (including phenoxy) is 3. The van der Waals surface area contributed by atoms with Gasteiger partial charge in [-0.15, -0.1) is 12.4 Å². The van der Waals surface area contributed by atoms with Gasteiger partial charge in [0.1, 0.15) is 45.3 Å². The first kappa shape index (κ1) is 73.9. The Hall–Kier alpha value is -8.32. The van der Waals surface area contributed by atoms with Crippen molar-refractivity contribution in [1.29, 1.82) is 0 Å². The monoisotopic (exact) mass is 1380 g/mol. The molecule has 6 fully saturated rings. The first-order valence-corrected chi connectivity index (χ1v) is 33.9. The number of esters is 1. The van der Waals surface area contributed by atoms with Crippen LogP contribution in [-0.4, -0.2) is 129 Å². The van der Waals surface area contributed by atoms with Gasteiger partial charge in [0.15, 0.2) is 0 Å². The van der Waals surface area contributed by atoms with Crippen LogP contribution in [0.15, 0.2) is 50.8 Å². The summed E-state index contributed by atoms with van der Waals surface area (Å²) in [6.45, 7) is 27.7. The Balaban J connectivity index is 0.000000173. The highest BCUT2D eigenvalue weighted by Gasteiger charge is 2.39. The Labute approximate surface area is 573 Å². The van der Waals surface area contributed by atoms with Crippen LogP contribution in [0.1, 0.15) is 193 Å². The minimum atomic E-state index is -1.31. The van der Waals surface area contributed by atoms with Crippen LogP contribution in [0.3, 0.4) is 0 Å². The molecule has 3 aromatic carbocycles. The summed E-state index contributed by atoms with van der Waals surface area (Å²) in [7, 11) is 0. The molecule has 3 aromatic heterocycles. The largest absolute Gasteiger partial charge is 0.477 e. The van der Waals surface area contributed by atoms with E-state index in [9.17, 15) is 48.6 Å². The molecule has 6 heterocycles. The van der Waals surface area contributed by atoms with Crippen LogP contribution < -0.4 is 47.7 Å². The number of carboxylic acids is 2. The highest BCUT2D eigenvalue weighted by molar-refractivity contribution is 5.98. The Bertz CT molecular complexity index is 4320. The number of rotatable bonds is 15. The summed E-state index contributed by atoms with van der Waals surface area (Å²) >= 11 is 0. The van der Waals surface area contributed by atoms with E-state index < -0.39 is 69.6 Å². The lowest BCUT2D eigenvalue weighted by molar-refractivity contribution is 0.0482. The topological polar surface area (TPSA) is 279 Å². The minimum absolute atomic E-state index is 0. The molecule has 2 amide bonds. The number of carboxylic acid groups (broad SMARTS) is 2. The fourth-order valence-corrected chi connectivity index (χ4v) is 14.3. The van der Waals surface area contributed by atoms with E-state index in [0.717, 1.165) is 64.3 Å². The molecule has 98 heavy (non-hydrogen) atoms. The van der Waals surface area contributed by atoms with E-state index >= 15 is 13.2 Å². The van der Waals surface area contributed by atoms with Crippen LogP contribution in [0.4, 0.5) is 39.8 Å². The SMILES string of the molecule is CCOC(=O)c1cc2cc(F)c(N3CC[C@@H]([C@H](C)NC(=O)OC(C)(C)C)C3)c(C)c2n(C2CC2)c1=O.Cc1c(N2CC[C@@H]([C@H](C)N)C2)c(F)cc2cc(C(=O)O)c(=O)n(C3CC3)c12.Cc1c(N2CC[C@@H]([C@H](C)NC(=O)OC(C)(C)C)C2)c(F)cc2cc(C(=O)O)c(=O)n(C3CC3)c12.Cl. The van der Waals surface area contributed by atoms with Gasteiger partial charge in [0.2, 0.25) is 0 Å². The number of benzene rings is 3. The summed E-state index contributed by atoms with van der Waals surface area (Å²) in [4.78, 5) is 105. The van der Waals surface area contributed by atoms with Crippen molar-refractivity contribution >= 4 is 92.3 Å². The molecule has 0 bridgehead atoms. The Morgan fingerprint density at radius 3 is 1.09 bits per heavy atom. The number of carbonyl (C=O) groups excluding carboxylic acids is 3. The summed E-state index contributed by atoms with van der Waals surface area (Å²) in [6, 6.07) is 7.80. The van der Waals surface area contributed by atoms with Gasteiger partial charge in [-0.1, -0.05) is 0 Å². The van der Waals surface area contributed by atoms with E-state index in [0.29, 0.717) is 105 Å². The van der Waals surface area contributed by atoms with Crippen LogP contribution >= 0.6 is 12.4 Å². The first-order chi connectivity index (χ1) is 45.6. The number of carbonyl (C=O) groups is 5. The molecular formula is C72H93ClF3N9O13. The van der Waals surface area contributed by atoms with Crippen molar-refractivity contribution in [3.05, 3.63) is 118 Å². The van der Waals surface area contributed by atoms with Gasteiger partial charge in [-0.25, -0.2) is 37.1 Å². The second-order valence-electron chi connectivity index (χ2n) is 29.2. The highest BCUT2D eigenvalue weighted by Crippen LogP contribution is 2.44. The van der Waals surface area contributed by atoms with Crippen molar-refractivity contribution < 1.29 is 61.6 Å². The van der Waals surface area contributed by atoms with Crippen LogP contribution in [0.5, 0.6) is 0 Å². The van der Waals surface area contributed by atoms with E-state index in [1.165, 1.54) is 41.0 Å². The molecule has 22 nitrogen and oxygen atoms in total. The standard InChI is InChI=1S/C27H36FN3O5.C25H32FN3O5.C20H24FN3O3.ClH/c1-7-35-25(33)20-12-18-13-21(28)23(15(2)22(18)31(24(20)32)19-8-9-19)30-11-10-17(14-30)16(3)29-26(34)36-27(4,5)6;1-13-20-16(10-18(23(31)32)22(30)29(20)17-6-7-17)11-19(26)21(13)28-9-8-15(12-28)14(2)27-24(33)34-25(3,4)5;1-10-17-13(7-15(20(26)27)19(25)24(17)14-3-4-14)8-16(21)18(10)23-6-5-12(9-23)11(2)22;/h12-13,16-17,19H,7-11,14H2,1-6H3,(H,29,34);10-11,14-15,17H,6-9,12H2,1-5H3,(H,27,33)(H,31,32);7-8,11-12,14H,3-6,9,22H2,1-2H3,(H,26,27);1H/t16-,17+;14-,15+;11-,12+;/m000./s1. The molecule has 6 aromatic rings. The summed E-state index contributed by atoms with van der Waals surface area (Å²) in [5.41, 5.74) is 8.00. The number of nitrogens with zero attached hydrogens (tertiary/aromatic N) is 6. The third-order valence-corrected chi connectivity index (χ3v) is 19.4. The summed E-state index contributed by atoms with van der Waals surface area (Å²) in [5, 5.41) is 26.0. The van der Waals surface area contributed by atoms with Crippen molar-refractivity contribution in [2.45, 2.75) is 195 Å². The molecule has 26 heteroatoms. The van der Waals surface area contributed by atoms with Crippen molar-refractivity contribution in [3.63, 3.8) is 0 Å². The van der Waals surface area contributed by atoms with Crippen LogP contribution in [0, 0.1) is 56.0 Å². The predicted octanol–water partition coefficient (Wildman–Crippen LogP) is 12.0. The second-order valence-corrected chi connectivity index (χ2v) is 29.2. The van der Waals surface area contributed by atoms with E-state index in [1.807, 2.05) is 70.1 Å². The van der Waals surface area contributed by atoms with Crippen LogP contribution in [-0.2, 0) is 14.2 Å². The first-order valence-electron chi connectivity index (χ1n) is 33.9. The molecule has 0 spiro atoms. The smallest absolute Gasteiger partial charge is 0.407 e. The second kappa shape index (κ2) is 28.9. The molecule has 12 rings (SSSR count). The lowest BCUT2D eigenvalue weighted by Crippen LogP contribution is -2.42. The molecule has 3 saturated carbocycles. The molecule has 0 unspecified atom stereocenters. The van der Waals surface area contributed by atoms with E-state index in [1.54, 1.807) is 43.8 Å². The fourth-order valence-electron chi connectivity index (χ4n) is 14.3. The zero-order valence-corrected chi connectivity index (χ0v) is 59.0. The van der Waals surface area contributed by atoms with Gasteiger partial charge in [0, 0.05) is 91.7 Å². The zero-order valence-electron chi connectivity index (χ0n) is 58.2. The lowest BCUT2D eigenvalue weighted by Gasteiger charge is -2.27. The van der Waals surface area contributed by atoms with Gasteiger partial charge in [0.25, 0.3) is 16.7 Å². The summed E-state index contributed by atoms with van der Waals surface area (Å²) < 4.78 is 66.5. The number of halogens is 4. The van der Waals surface area contributed by atoms with Gasteiger partial charge >= 0.3 is 30.1 Å². The highest BCUT2D eigenvalue weighted by atomic mass is 35.5. The third kappa shape index (κ3) is 15.7. The number of amides is 2. The zero-order chi connectivity index (χ0) is 70.8. The Morgan fingerprint density at radius 2 is 0.816 bits per heavy atom. The normalized spacial score (nSPS) is 19.4. The number of aromatic carboxylic acids is 2. The van der Waals surface area contributed by atoms with Crippen molar-refractivity contribution in [3.8, 4) is 0 Å². The molecule has 3 aliphatic heterocycles. The third-order valence-electron chi connectivity index (χ3n) is 19.4. The number of aromatic nitrogens is 3. The number of fused-ring (bicyclic) bond motifs is 3. The maximum Gasteiger partial charge on any atom is 0.407 e. The molecule has 532 valence electrons. The van der Waals surface area contributed by atoms with Gasteiger partial charge < -0.3 is 69.2 Å². The van der Waals surface area contributed by atoms with E-state index in [-0.39, 0.29) is 89.6 Å². The maximum absolute atomic E-state index is 15.6. The van der Waals surface area contributed by atoms with Gasteiger partial charge in [-0.05, 0) is 219 Å². The number of hydrogen-bond acceptors (Lipinski definition) is 15. The number of alkyl carbamates (subject to hydrolysis) is 2. The van der Waals surface area contributed by atoms with Gasteiger partial charge in [-0.3, -0.25) is 14.4 Å².